The summed E-state index contributed by atoms with van der Waals surface area (Å²) in [5.74, 6) is -2.30. The lowest BCUT2D eigenvalue weighted by Crippen LogP contribution is -2.47. The first-order valence-electron chi connectivity index (χ1n) is 27.9. The Kier molecular flexibility index (Phi) is 49.2. The van der Waals surface area contributed by atoms with E-state index in [0.29, 0.717) is 19.3 Å². The molecule has 0 aromatic heterocycles. The SMILES string of the molecule is CCCCCCC/C=C\C/C=C\CCCCCC(CCCCCCCC(=O)NCC(=O)NC(CO)C(=O)O)OC(=O)CCCCCCCCCCCCC/C=C\CCCCCCCCCC. The molecular formula is C57H104N2O7. The minimum Gasteiger partial charge on any atom is -0.480 e. The van der Waals surface area contributed by atoms with E-state index in [1.54, 1.807) is 0 Å². The van der Waals surface area contributed by atoms with Gasteiger partial charge in [0.2, 0.25) is 11.8 Å². The van der Waals surface area contributed by atoms with Crippen LogP contribution in [0.25, 0.3) is 0 Å². The number of esters is 1. The number of carbonyl (C=O) groups excluding carboxylic acids is 3. The highest BCUT2D eigenvalue weighted by molar-refractivity contribution is 5.87. The smallest absolute Gasteiger partial charge is 0.328 e. The summed E-state index contributed by atoms with van der Waals surface area (Å²) in [6.07, 6.45) is 61.9. The minimum atomic E-state index is -1.39. The van der Waals surface area contributed by atoms with Crippen molar-refractivity contribution in [3.8, 4) is 0 Å². The summed E-state index contributed by atoms with van der Waals surface area (Å²) in [6.45, 7) is 3.50. The number of carbonyl (C=O) groups is 4. The summed E-state index contributed by atoms with van der Waals surface area (Å²) in [7, 11) is 0. The van der Waals surface area contributed by atoms with Gasteiger partial charge in [-0.25, -0.2) is 4.79 Å². The van der Waals surface area contributed by atoms with E-state index in [4.69, 9.17) is 14.9 Å². The molecule has 9 nitrogen and oxygen atoms in total. The largest absolute Gasteiger partial charge is 0.480 e. The standard InChI is InChI=1S/C57H104N2O7/c1-3-5-7-9-11-13-15-17-19-20-21-22-23-24-25-26-28-30-32-34-36-41-45-49-56(63)66-52(46-42-38-35-33-31-29-27-18-16-14-12-10-8-6-4-2)47-43-39-37-40-44-48-54(61)58-50-55(62)59-53(51-60)57(64)65/h16,18,20-21,29,31,52-53,60H,3-15,17,19,22-28,30,32-51H2,1-2H3,(H,58,61)(H,59,62)(H,64,65)/b18-16-,21-20-,31-29-. The fourth-order valence-electron chi connectivity index (χ4n) is 8.33. The Labute approximate surface area is 406 Å². The van der Waals surface area contributed by atoms with Gasteiger partial charge < -0.3 is 25.6 Å². The molecule has 9 heteroatoms. The molecule has 0 saturated carbocycles. The lowest BCUT2D eigenvalue weighted by atomic mass is 10.0. The molecule has 0 saturated heterocycles. The third kappa shape index (κ3) is 47.5. The van der Waals surface area contributed by atoms with Crippen LogP contribution in [0.2, 0.25) is 0 Å². The molecular weight excluding hydrogens is 825 g/mol. The summed E-state index contributed by atoms with van der Waals surface area (Å²) in [5, 5.41) is 22.7. The molecule has 0 aromatic carbocycles. The zero-order chi connectivity index (χ0) is 48.2. The number of ether oxygens (including phenoxy) is 1. The average molecular weight is 929 g/mol. The zero-order valence-corrected chi connectivity index (χ0v) is 43.0. The van der Waals surface area contributed by atoms with Gasteiger partial charge in [0.1, 0.15) is 12.1 Å². The normalized spacial score (nSPS) is 12.7. The monoisotopic (exact) mass is 929 g/mol. The number of carboxylic acid groups (broad SMARTS) is 1. The minimum absolute atomic E-state index is 0.0374. The number of hydrogen-bond acceptors (Lipinski definition) is 6. The number of aliphatic carboxylic acids is 1. The molecule has 0 aliphatic heterocycles. The number of aliphatic hydroxyl groups is 1. The molecule has 384 valence electrons. The van der Waals surface area contributed by atoms with Gasteiger partial charge in [-0.05, 0) is 96.3 Å². The summed E-state index contributed by atoms with van der Waals surface area (Å²) >= 11 is 0. The molecule has 2 unspecified atom stereocenters. The quantitative estimate of drug-likeness (QED) is 0.0270. The summed E-state index contributed by atoms with van der Waals surface area (Å²) < 4.78 is 6.07. The number of carboxylic acids is 1. The number of hydrogen-bond donors (Lipinski definition) is 4. The topological polar surface area (TPSA) is 142 Å². The van der Waals surface area contributed by atoms with E-state index in [1.165, 1.54) is 161 Å². The van der Waals surface area contributed by atoms with Crippen molar-refractivity contribution in [1.82, 2.24) is 10.6 Å². The van der Waals surface area contributed by atoms with Gasteiger partial charge in [0.15, 0.2) is 0 Å². The predicted octanol–water partition coefficient (Wildman–Crippen LogP) is 15.3. The number of rotatable bonds is 51. The number of nitrogens with one attached hydrogen (secondary N) is 2. The van der Waals surface area contributed by atoms with E-state index in [9.17, 15) is 19.2 Å². The summed E-state index contributed by atoms with van der Waals surface area (Å²) in [5.41, 5.74) is 0. The third-order valence-corrected chi connectivity index (χ3v) is 12.6. The summed E-state index contributed by atoms with van der Waals surface area (Å²) in [4.78, 5) is 47.9. The second-order valence-corrected chi connectivity index (χ2v) is 19.0. The first kappa shape index (κ1) is 63.1. The predicted molar refractivity (Wildman–Crippen MR) is 278 cm³/mol. The highest BCUT2D eigenvalue weighted by Gasteiger charge is 2.19. The first-order valence-corrected chi connectivity index (χ1v) is 27.9. The van der Waals surface area contributed by atoms with E-state index < -0.39 is 24.5 Å². The number of amides is 2. The van der Waals surface area contributed by atoms with Gasteiger partial charge in [0, 0.05) is 12.8 Å². The second-order valence-electron chi connectivity index (χ2n) is 19.0. The molecule has 2 amide bonds. The molecule has 0 aliphatic carbocycles. The Morgan fingerprint density at radius 2 is 0.818 bits per heavy atom. The maximum absolute atomic E-state index is 12.9. The molecule has 0 aliphatic rings. The van der Waals surface area contributed by atoms with Crippen molar-refractivity contribution in [2.24, 2.45) is 0 Å². The van der Waals surface area contributed by atoms with Gasteiger partial charge in [-0.15, -0.1) is 0 Å². The Morgan fingerprint density at radius 1 is 0.455 bits per heavy atom. The van der Waals surface area contributed by atoms with Crippen LogP contribution >= 0.6 is 0 Å². The zero-order valence-electron chi connectivity index (χ0n) is 43.0. The Balaban J connectivity index is 4.26. The van der Waals surface area contributed by atoms with Crippen LogP contribution in [0.4, 0.5) is 0 Å². The molecule has 0 aromatic rings. The van der Waals surface area contributed by atoms with Crippen molar-refractivity contribution in [2.75, 3.05) is 13.2 Å². The molecule has 0 bridgehead atoms. The molecule has 2 atom stereocenters. The molecule has 0 heterocycles. The van der Waals surface area contributed by atoms with E-state index >= 15 is 0 Å². The molecule has 66 heavy (non-hydrogen) atoms. The van der Waals surface area contributed by atoms with Crippen LogP contribution in [0.1, 0.15) is 277 Å². The van der Waals surface area contributed by atoms with Gasteiger partial charge in [0.25, 0.3) is 0 Å². The Bertz CT molecular complexity index is 1200. The van der Waals surface area contributed by atoms with Gasteiger partial charge in [-0.3, -0.25) is 14.4 Å². The molecule has 4 N–H and O–H groups in total. The van der Waals surface area contributed by atoms with Crippen molar-refractivity contribution in [2.45, 2.75) is 289 Å². The number of unbranched alkanes of at least 4 members (excludes halogenated alkanes) is 31. The van der Waals surface area contributed by atoms with E-state index in [0.717, 1.165) is 83.5 Å². The molecule has 0 spiro atoms. The Morgan fingerprint density at radius 3 is 1.24 bits per heavy atom. The van der Waals surface area contributed by atoms with Crippen molar-refractivity contribution >= 4 is 23.8 Å². The summed E-state index contributed by atoms with van der Waals surface area (Å²) in [6, 6.07) is -1.39. The van der Waals surface area contributed by atoms with Crippen molar-refractivity contribution < 1.29 is 34.1 Å². The lowest BCUT2D eigenvalue weighted by Gasteiger charge is -2.18. The van der Waals surface area contributed by atoms with Crippen LogP contribution in [-0.4, -0.2) is 59.3 Å². The van der Waals surface area contributed by atoms with Crippen LogP contribution in [0, 0.1) is 0 Å². The van der Waals surface area contributed by atoms with Gasteiger partial charge in [-0.2, -0.15) is 0 Å². The molecule has 0 radical (unpaired) electrons. The second kappa shape index (κ2) is 51.5. The lowest BCUT2D eigenvalue weighted by molar-refractivity contribution is -0.150. The molecule has 0 rings (SSSR count). The van der Waals surface area contributed by atoms with E-state index in [-0.39, 0.29) is 24.5 Å². The van der Waals surface area contributed by atoms with E-state index in [2.05, 4.69) is 60.9 Å². The fraction of sp³-hybridized carbons (Fsp3) is 0.825. The molecule has 0 fully saturated rings. The fourth-order valence-corrected chi connectivity index (χ4v) is 8.33. The maximum atomic E-state index is 12.9. The van der Waals surface area contributed by atoms with Crippen molar-refractivity contribution in [3.63, 3.8) is 0 Å². The first-order chi connectivity index (χ1) is 32.3. The number of aliphatic hydroxyl groups excluding tert-OH is 1. The van der Waals surface area contributed by atoms with E-state index in [1.807, 2.05) is 0 Å². The Hall–Kier alpha value is -2.94. The van der Waals surface area contributed by atoms with Crippen molar-refractivity contribution in [3.05, 3.63) is 36.5 Å². The van der Waals surface area contributed by atoms with Crippen LogP contribution < -0.4 is 10.6 Å². The number of allylic oxidation sites excluding steroid dienone is 6. The average Bonchev–Trinajstić information content (AvgIpc) is 3.30. The van der Waals surface area contributed by atoms with Crippen LogP contribution in [0.5, 0.6) is 0 Å². The van der Waals surface area contributed by atoms with Crippen LogP contribution in [0.15, 0.2) is 36.5 Å². The van der Waals surface area contributed by atoms with Gasteiger partial charge >= 0.3 is 11.9 Å². The van der Waals surface area contributed by atoms with Crippen molar-refractivity contribution in [1.29, 1.82) is 0 Å². The maximum Gasteiger partial charge on any atom is 0.328 e. The highest BCUT2D eigenvalue weighted by atomic mass is 16.5. The van der Waals surface area contributed by atoms with Gasteiger partial charge in [0.05, 0.1) is 13.2 Å². The highest BCUT2D eigenvalue weighted by Crippen LogP contribution is 2.19. The third-order valence-electron chi connectivity index (χ3n) is 12.6. The van der Waals surface area contributed by atoms with Crippen LogP contribution in [-0.2, 0) is 23.9 Å². The van der Waals surface area contributed by atoms with Gasteiger partial charge in [-0.1, -0.05) is 204 Å². The van der Waals surface area contributed by atoms with Crippen LogP contribution in [0.3, 0.4) is 0 Å².